The minimum absolute atomic E-state index is 0.0987. The highest BCUT2D eigenvalue weighted by Gasteiger charge is 2.10. The van der Waals surface area contributed by atoms with E-state index in [-0.39, 0.29) is 18.4 Å². The fraction of sp³-hybridized carbons (Fsp3) is 0.167. The third-order valence-corrected chi connectivity index (χ3v) is 4.63. The quantitative estimate of drug-likeness (QED) is 0.604. The zero-order valence-corrected chi connectivity index (χ0v) is 17.2. The largest absolute Gasteiger partial charge is 0.495 e. The summed E-state index contributed by atoms with van der Waals surface area (Å²) in [7, 11) is 1.55. The van der Waals surface area contributed by atoms with Crippen molar-refractivity contribution in [1.82, 2.24) is 0 Å². The predicted octanol–water partition coefficient (Wildman–Crippen LogP) is 4.58. The number of hydrogen-bond acceptors (Lipinski definition) is 4. The number of methoxy groups -OCH3 is 1. The molecule has 0 aliphatic carbocycles. The fourth-order valence-corrected chi connectivity index (χ4v) is 2.80. The molecule has 2 N–H and O–H groups in total. The fourth-order valence-electron chi connectivity index (χ4n) is 2.80. The van der Waals surface area contributed by atoms with Gasteiger partial charge in [-0.3, -0.25) is 9.59 Å². The van der Waals surface area contributed by atoms with Gasteiger partial charge in [0.25, 0.3) is 11.8 Å². The number of rotatable bonds is 7. The molecule has 0 aliphatic heterocycles. The molecule has 0 heterocycles. The van der Waals surface area contributed by atoms with Crippen molar-refractivity contribution < 1.29 is 19.1 Å². The molecule has 0 fully saturated rings. The van der Waals surface area contributed by atoms with Gasteiger partial charge in [0, 0.05) is 11.3 Å². The van der Waals surface area contributed by atoms with E-state index in [2.05, 4.69) is 10.6 Å². The molecule has 154 valence electrons. The zero-order chi connectivity index (χ0) is 21.5. The predicted molar refractivity (Wildman–Crippen MR) is 117 cm³/mol. The van der Waals surface area contributed by atoms with Gasteiger partial charge in [0.05, 0.1) is 12.8 Å². The summed E-state index contributed by atoms with van der Waals surface area (Å²) in [6.45, 7) is 3.92. The van der Waals surface area contributed by atoms with Gasteiger partial charge in [0.2, 0.25) is 0 Å². The summed E-state index contributed by atoms with van der Waals surface area (Å²) in [5, 5.41) is 5.57. The lowest BCUT2D eigenvalue weighted by Gasteiger charge is -2.11. The van der Waals surface area contributed by atoms with Gasteiger partial charge in [-0.2, -0.15) is 0 Å². The minimum atomic E-state index is -0.278. The molecule has 0 saturated heterocycles. The molecule has 3 rings (SSSR count). The number of aryl methyl sites for hydroxylation is 2. The summed E-state index contributed by atoms with van der Waals surface area (Å²) in [4.78, 5) is 24.6. The maximum Gasteiger partial charge on any atom is 0.262 e. The molecule has 0 atom stereocenters. The number of amides is 2. The van der Waals surface area contributed by atoms with E-state index in [1.807, 2.05) is 44.2 Å². The van der Waals surface area contributed by atoms with Crippen LogP contribution >= 0.6 is 0 Å². The summed E-state index contributed by atoms with van der Waals surface area (Å²) in [6, 6.07) is 19.5. The molecule has 3 aromatic rings. The Morgan fingerprint density at radius 1 is 0.867 bits per heavy atom. The van der Waals surface area contributed by atoms with Crippen LogP contribution in [0.5, 0.6) is 11.5 Å². The third-order valence-electron chi connectivity index (χ3n) is 4.63. The van der Waals surface area contributed by atoms with Crippen molar-refractivity contribution >= 4 is 23.2 Å². The van der Waals surface area contributed by atoms with Crippen molar-refractivity contribution in [3.05, 3.63) is 83.4 Å². The van der Waals surface area contributed by atoms with Crippen LogP contribution in [0.25, 0.3) is 0 Å². The van der Waals surface area contributed by atoms with E-state index in [9.17, 15) is 9.59 Å². The first-order chi connectivity index (χ1) is 14.5. The molecule has 0 aromatic heterocycles. The van der Waals surface area contributed by atoms with Crippen molar-refractivity contribution in [2.45, 2.75) is 13.8 Å². The summed E-state index contributed by atoms with van der Waals surface area (Å²) in [5.74, 6) is 0.685. The Balaban J connectivity index is 1.55. The number of para-hydroxylation sites is 2. The average Bonchev–Trinajstić information content (AvgIpc) is 2.75. The molecule has 0 saturated carbocycles. The summed E-state index contributed by atoms with van der Waals surface area (Å²) in [5.41, 5.74) is 3.91. The Morgan fingerprint density at radius 3 is 2.30 bits per heavy atom. The van der Waals surface area contributed by atoms with Crippen LogP contribution < -0.4 is 20.1 Å². The van der Waals surface area contributed by atoms with E-state index < -0.39 is 0 Å². The molecular formula is C24H24N2O4. The van der Waals surface area contributed by atoms with Crippen LogP contribution in [0.4, 0.5) is 11.4 Å². The monoisotopic (exact) mass is 404 g/mol. The Kier molecular flexibility index (Phi) is 6.70. The van der Waals surface area contributed by atoms with Crippen molar-refractivity contribution in [3.8, 4) is 11.5 Å². The first kappa shape index (κ1) is 20.9. The topological polar surface area (TPSA) is 76.7 Å². The maximum absolute atomic E-state index is 12.5. The lowest BCUT2D eigenvalue weighted by molar-refractivity contribution is -0.118. The molecule has 6 heteroatoms. The van der Waals surface area contributed by atoms with Gasteiger partial charge in [-0.05, 0) is 73.5 Å². The van der Waals surface area contributed by atoms with Crippen molar-refractivity contribution in [2.75, 3.05) is 24.4 Å². The molecule has 3 aromatic carbocycles. The Labute approximate surface area is 175 Å². The van der Waals surface area contributed by atoms with Crippen LogP contribution in [0.2, 0.25) is 0 Å². The SMILES string of the molecule is COc1ccccc1NC(=O)c1ccc(NC(=O)COc2ccc(C)c(C)c2)cc1. The van der Waals surface area contributed by atoms with E-state index in [1.54, 1.807) is 43.5 Å². The number of nitrogens with one attached hydrogen (secondary N) is 2. The highest BCUT2D eigenvalue weighted by Crippen LogP contribution is 2.24. The minimum Gasteiger partial charge on any atom is -0.495 e. The second-order valence-electron chi connectivity index (χ2n) is 6.81. The van der Waals surface area contributed by atoms with E-state index in [0.717, 1.165) is 5.56 Å². The molecule has 2 amide bonds. The number of carbonyl (C=O) groups is 2. The summed E-state index contributed by atoms with van der Waals surface area (Å²) < 4.78 is 10.8. The first-order valence-corrected chi connectivity index (χ1v) is 9.50. The molecular weight excluding hydrogens is 380 g/mol. The summed E-state index contributed by atoms with van der Waals surface area (Å²) in [6.07, 6.45) is 0. The summed E-state index contributed by atoms with van der Waals surface area (Å²) >= 11 is 0. The van der Waals surface area contributed by atoms with Gasteiger partial charge in [-0.1, -0.05) is 18.2 Å². The van der Waals surface area contributed by atoms with Crippen molar-refractivity contribution in [3.63, 3.8) is 0 Å². The number of carbonyl (C=O) groups excluding carboxylic acids is 2. The smallest absolute Gasteiger partial charge is 0.262 e. The Hall–Kier alpha value is -3.80. The third kappa shape index (κ3) is 5.38. The van der Waals surface area contributed by atoms with Crippen LogP contribution in [-0.4, -0.2) is 25.5 Å². The number of ether oxygens (including phenoxy) is 2. The molecule has 0 spiro atoms. The number of hydrogen-bond donors (Lipinski definition) is 2. The zero-order valence-electron chi connectivity index (χ0n) is 17.2. The van der Waals surface area contributed by atoms with E-state index in [4.69, 9.17) is 9.47 Å². The lowest BCUT2D eigenvalue weighted by Crippen LogP contribution is -2.20. The second kappa shape index (κ2) is 9.60. The van der Waals surface area contributed by atoms with Crippen LogP contribution in [0.1, 0.15) is 21.5 Å². The highest BCUT2D eigenvalue weighted by atomic mass is 16.5. The van der Waals surface area contributed by atoms with Crippen LogP contribution in [-0.2, 0) is 4.79 Å². The number of anilines is 2. The molecule has 0 unspecified atom stereocenters. The Bertz CT molecular complexity index is 1050. The van der Waals surface area contributed by atoms with Gasteiger partial charge < -0.3 is 20.1 Å². The van der Waals surface area contributed by atoms with Crippen LogP contribution in [0.3, 0.4) is 0 Å². The van der Waals surface area contributed by atoms with Gasteiger partial charge in [-0.15, -0.1) is 0 Å². The molecule has 6 nitrogen and oxygen atoms in total. The van der Waals surface area contributed by atoms with E-state index in [0.29, 0.717) is 28.4 Å². The van der Waals surface area contributed by atoms with Gasteiger partial charge in [0.1, 0.15) is 11.5 Å². The van der Waals surface area contributed by atoms with Crippen molar-refractivity contribution in [2.24, 2.45) is 0 Å². The van der Waals surface area contributed by atoms with Gasteiger partial charge >= 0.3 is 0 Å². The average molecular weight is 404 g/mol. The maximum atomic E-state index is 12.5. The lowest BCUT2D eigenvalue weighted by atomic mass is 10.1. The van der Waals surface area contributed by atoms with Crippen molar-refractivity contribution in [1.29, 1.82) is 0 Å². The first-order valence-electron chi connectivity index (χ1n) is 9.50. The standard InChI is InChI=1S/C24H24N2O4/c1-16-8-13-20(14-17(16)2)30-15-23(27)25-19-11-9-18(10-12-19)24(28)26-21-6-4-5-7-22(21)29-3/h4-14H,15H2,1-3H3,(H,25,27)(H,26,28). The van der Waals surface area contributed by atoms with Crippen LogP contribution in [0, 0.1) is 13.8 Å². The molecule has 0 aliphatic rings. The second-order valence-corrected chi connectivity index (χ2v) is 6.81. The normalized spacial score (nSPS) is 10.2. The Morgan fingerprint density at radius 2 is 1.60 bits per heavy atom. The molecule has 30 heavy (non-hydrogen) atoms. The number of benzene rings is 3. The molecule has 0 radical (unpaired) electrons. The van der Waals surface area contributed by atoms with Crippen LogP contribution in [0.15, 0.2) is 66.7 Å². The molecule has 0 bridgehead atoms. The highest BCUT2D eigenvalue weighted by molar-refractivity contribution is 6.05. The van der Waals surface area contributed by atoms with Gasteiger partial charge in [-0.25, -0.2) is 0 Å². The van der Waals surface area contributed by atoms with E-state index >= 15 is 0 Å². The van der Waals surface area contributed by atoms with Gasteiger partial charge in [0.15, 0.2) is 6.61 Å². The van der Waals surface area contributed by atoms with E-state index in [1.165, 1.54) is 5.56 Å².